The Morgan fingerprint density at radius 3 is 2.39 bits per heavy atom. The fourth-order valence-corrected chi connectivity index (χ4v) is 3.03. The molecule has 0 saturated carbocycles. The largest absolute Gasteiger partial charge is 0.375 e. The highest BCUT2D eigenvalue weighted by Gasteiger charge is 2.26. The number of benzene rings is 1. The van der Waals surface area contributed by atoms with Crippen LogP contribution >= 0.6 is 0 Å². The van der Waals surface area contributed by atoms with Crippen LogP contribution < -0.4 is 0 Å². The van der Waals surface area contributed by atoms with Crippen LogP contribution in [0, 0.1) is 0 Å². The molecule has 0 aliphatic carbocycles. The van der Waals surface area contributed by atoms with E-state index in [9.17, 15) is 9.59 Å². The van der Waals surface area contributed by atoms with Crippen molar-refractivity contribution in [1.29, 1.82) is 0 Å². The monoisotopic (exact) mass is 315 g/mol. The van der Waals surface area contributed by atoms with Gasteiger partial charge in [0.25, 0.3) is 5.91 Å². The number of fused-ring (bicyclic) bond motifs is 1. The van der Waals surface area contributed by atoms with Gasteiger partial charge in [0.05, 0.1) is 0 Å². The van der Waals surface area contributed by atoms with E-state index >= 15 is 0 Å². The Kier molecular flexibility index (Phi) is 4.34. The minimum absolute atomic E-state index is 0.0162. The predicted molar refractivity (Wildman–Crippen MR) is 87.3 cm³/mol. The van der Waals surface area contributed by atoms with Gasteiger partial charge < -0.3 is 19.1 Å². The second kappa shape index (κ2) is 6.42. The van der Waals surface area contributed by atoms with E-state index < -0.39 is 0 Å². The van der Waals surface area contributed by atoms with Gasteiger partial charge in [-0.05, 0) is 12.1 Å². The lowest BCUT2D eigenvalue weighted by molar-refractivity contribution is -0.136. The summed E-state index contributed by atoms with van der Waals surface area (Å²) < 4.78 is 6.81. The van der Waals surface area contributed by atoms with E-state index in [1.54, 1.807) is 4.90 Å². The summed E-state index contributed by atoms with van der Waals surface area (Å²) in [5.41, 5.74) is 1.73. The van der Waals surface area contributed by atoms with Gasteiger partial charge in [-0.1, -0.05) is 18.2 Å². The van der Waals surface area contributed by atoms with Gasteiger partial charge >= 0.3 is 0 Å². The molecule has 0 spiro atoms. The Bertz CT molecular complexity index is 730. The highest BCUT2D eigenvalue weighted by Crippen LogP contribution is 2.20. The molecule has 2 amide bonds. The third-order valence-electron chi connectivity index (χ3n) is 4.36. The Labute approximate surface area is 135 Å². The Balaban J connectivity index is 1.72. The maximum absolute atomic E-state index is 12.8. The van der Waals surface area contributed by atoms with Crippen LogP contribution in [0.25, 0.3) is 10.9 Å². The lowest BCUT2D eigenvalue weighted by Crippen LogP contribution is -2.51. The molecule has 23 heavy (non-hydrogen) atoms. The Morgan fingerprint density at radius 1 is 1.09 bits per heavy atom. The lowest BCUT2D eigenvalue weighted by Gasteiger charge is -2.34. The van der Waals surface area contributed by atoms with E-state index in [2.05, 4.69) is 0 Å². The molecule has 1 aliphatic rings. The summed E-state index contributed by atoms with van der Waals surface area (Å²) in [6.07, 6.45) is 0. The van der Waals surface area contributed by atoms with Crippen LogP contribution in [-0.4, -0.2) is 66.1 Å². The number of hydrogen-bond acceptors (Lipinski definition) is 3. The van der Waals surface area contributed by atoms with Crippen LogP contribution in [0.1, 0.15) is 10.5 Å². The number of carbonyl (C=O) groups is 2. The van der Waals surface area contributed by atoms with Crippen LogP contribution in [0.2, 0.25) is 0 Å². The molecule has 2 aromatic rings. The zero-order chi connectivity index (χ0) is 16.4. The second-order valence-corrected chi connectivity index (χ2v) is 5.75. The molecule has 0 N–H and O–H groups in total. The number of hydrogen-bond donors (Lipinski definition) is 0. The van der Waals surface area contributed by atoms with Crippen LogP contribution in [0.4, 0.5) is 0 Å². The third kappa shape index (κ3) is 2.94. The highest BCUT2D eigenvalue weighted by atomic mass is 16.5. The van der Waals surface area contributed by atoms with Gasteiger partial charge in [0.15, 0.2) is 0 Å². The Hall–Kier alpha value is -2.34. The average Bonchev–Trinajstić information content (AvgIpc) is 2.92. The van der Waals surface area contributed by atoms with E-state index in [1.807, 2.05) is 46.8 Å². The van der Waals surface area contributed by atoms with Crippen molar-refractivity contribution in [3.8, 4) is 0 Å². The van der Waals surface area contributed by atoms with Crippen molar-refractivity contribution in [2.24, 2.45) is 7.05 Å². The Morgan fingerprint density at radius 2 is 1.74 bits per heavy atom. The predicted octanol–water partition coefficient (Wildman–Crippen LogP) is 1.11. The molecule has 1 saturated heterocycles. The van der Waals surface area contributed by atoms with Gasteiger partial charge in [-0.3, -0.25) is 9.59 Å². The van der Waals surface area contributed by atoms with Crippen molar-refractivity contribution in [1.82, 2.24) is 14.4 Å². The fourth-order valence-electron chi connectivity index (χ4n) is 3.03. The fraction of sp³-hybridized carbons (Fsp3) is 0.412. The van der Waals surface area contributed by atoms with Gasteiger partial charge in [-0.15, -0.1) is 0 Å². The quantitative estimate of drug-likeness (QED) is 0.852. The van der Waals surface area contributed by atoms with Crippen LogP contribution in [0.15, 0.2) is 30.3 Å². The summed E-state index contributed by atoms with van der Waals surface area (Å²) >= 11 is 0. The molecule has 1 aliphatic heterocycles. The van der Waals surface area contributed by atoms with Crippen molar-refractivity contribution in [3.63, 3.8) is 0 Å². The number of rotatable bonds is 3. The molecule has 3 rings (SSSR count). The summed E-state index contributed by atoms with van der Waals surface area (Å²) in [5.74, 6) is -0.00764. The maximum Gasteiger partial charge on any atom is 0.270 e. The summed E-state index contributed by atoms with van der Waals surface area (Å²) in [5, 5.41) is 1.06. The van der Waals surface area contributed by atoms with Crippen LogP contribution in [0.3, 0.4) is 0 Å². The standard InChI is InChI=1S/C17H21N3O3/c1-18-14-6-4-3-5-13(14)11-15(18)17(22)20-9-7-19(8-10-20)16(21)12-23-2/h3-6,11H,7-10,12H2,1-2H3. The van der Waals surface area contributed by atoms with Crippen molar-refractivity contribution >= 4 is 22.7 Å². The first-order valence-corrected chi connectivity index (χ1v) is 7.72. The van der Waals surface area contributed by atoms with E-state index in [-0.39, 0.29) is 18.4 Å². The number of methoxy groups -OCH3 is 1. The molecule has 0 radical (unpaired) electrons. The highest BCUT2D eigenvalue weighted by molar-refractivity contribution is 5.98. The second-order valence-electron chi connectivity index (χ2n) is 5.75. The van der Waals surface area contributed by atoms with Gasteiger partial charge in [0.2, 0.25) is 5.91 Å². The SMILES string of the molecule is COCC(=O)N1CCN(C(=O)c2cc3ccccc3n2C)CC1. The van der Waals surface area contributed by atoms with Crippen molar-refractivity contribution in [2.45, 2.75) is 0 Å². The smallest absolute Gasteiger partial charge is 0.270 e. The number of para-hydroxylation sites is 1. The topological polar surface area (TPSA) is 54.8 Å². The van der Waals surface area contributed by atoms with Crippen LogP contribution in [-0.2, 0) is 16.6 Å². The molecular weight excluding hydrogens is 294 g/mol. The number of amides is 2. The first-order valence-electron chi connectivity index (χ1n) is 7.72. The molecule has 2 heterocycles. The zero-order valence-electron chi connectivity index (χ0n) is 13.5. The molecule has 6 heteroatoms. The maximum atomic E-state index is 12.8. The summed E-state index contributed by atoms with van der Waals surface area (Å²) in [6, 6.07) is 9.88. The molecule has 1 aromatic heterocycles. The lowest BCUT2D eigenvalue weighted by atomic mass is 10.2. The normalized spacial score (nSPS) is 15.2. The number of piperazine rings is 1. The van der Waals surface area contributed by atoms with Crippen molar-refractivity contribution < 1.29 is 14.3 Å². The molecular formula is C17H21N3O3. The van der Waals surface area contributed by atoms with Gasteiger partial charge in [0.1, 0.15) is 12.3 Å². The molecule has 6 nitrogen and oxygen atoms in total. The molecule has 0 unspecified atom stereocenters. The molecule has 0 atom stereocenters. The average molecular weight is 315 g/mol. The van der Waals surface area contributed by atoms with Crippen molar-refractivity contribution in [3.05, 3.63) is 36.0 Å². The summed E-state index contributed by atoms with van der Waals surface area (Å²) in [6.45, 7) is 2.30. The van der Waals surface area contributed by atoms with Crippen LogP contribution in [0.5, 0.6) is 0 Å². The number of nitrogens with zero attached hydrogens (tertiary/aromatic N) is 3. The van der Waals surface area contributed by atoms with E-state index in [4.69, 9.17) is 4.74 Å². The van der Waals surface area contributed by atoms with E-state index in [1.165, 1.54) is 7.11 Å². The van der Waals surface area contributed by atoms with E-state index in [0.29, 0.717) is 31.9 Å². The van der Waals surface area contributed by atoms with E-state index in [0.717, 1.165) is 10.9 Å². The van der Waals surface area contributed by atoms with Gasteiger partial charge in [0, 0.05) is 51.2 Å². The minimum atomic E-state index is -0.0239. The zero-order valence-corrected chi connectivity index (χ0v) is 13.5. The number of carbonyl (C=O) groups excluding carboxylic acids is 2. The number of ether oxygens (including phenoxy) is 1. The minimum Gasteiger partial charge on any atom is -0.375 e. The molecule has 1 aromatic carbocycles. The molecule has 1 fully saturated rings. The first kappa shape index (κ1) is 15.6. The number of aromatic nitrogens is 1. The molecule has 0 bridgehead atoms. The van der Waals surface area contributed by atoms with Gasteiger partial charge in [-0.25, -0.2) is 0 Å². The van der Waals surface area contributed by atoms with Crippen molar-refractivity contribution in [2.75, 3.05) is 39.9 Å². The summed E-state index contributed by atoms with van der Waals surface area (Å²) in [7, 11) is 3.42. The number of aryl methyl sites for hydroxylation is 1. The summed E-state index contributed by atoms with van der Waals surface area (Å²) in [4.78, 5) is 28.1. The third-order valence-corrected chi connectivity index (χ3v) is 4.36. The van der Waals surface area contributed by atoms with Gasteiger partial charge in [-0.2, -0.15) is 0 Å². The first-order chi connectivity index (χ1) is 11.1. The molecule has 122 valence electrons.